The van der Waals surface area contributed by atoms with Crippen molar-refractivity contribution in [3.05, 3.63) is 53.8 Å². The summed E-state index contributed by atoms with van der Waals surface area (Å²) in [5.74, 6) is 0.434. The molecule has 0 saturated heterocycles. The molecule has 31 heavy (non-hydrogen) atoms. The van der Waals surface area contributed by atoms with Crippen molar-refractivity contribution >= 4 is 27.7 Å². The number of rotatable bonds is 9. The zero-order valence-corrected chi connectivity index (χ0v) is 18.9. The number of carbonyl (C=O) groups excluding carboxylic acids is 1. The Kier molecular flexibility index (Phi) is 7.79. The molecule has 0 bridgehead atoms. The highest BCUT2D eigenvalue weighted by atomic mass is 32.2. The van der Waals surface area contributed by atoms with Gasteiger partial charge in [-0.3, -0.25) is 4.79 Å². The van der Waals surface area contributed by atoms with Crippen molar-refractivity contribution < 1.29 is 27.1 Å². The molecule has 168 valence electrons. The molecule has 1 heterocycles. The molecule has 2 N–H and O–H groups in total. The van der Waals surface area contributed by atoms with Crippen molar-refractivity contribution in [2.75, 3.05) is 25.2 Å². The zero-order valence-electron chi connectivity index (χ0n) is 17.3. The van der Waals surface area contributed by atoms with Gasteiger partial charge >= 0.3 is 0 Å². The molecule has 1 aliphatic heterocycles. The lowest BCUT2D eigenvalue weighted by molar-refractivity contribution is -0.123. The monoisotopic (exact) mass is 468 g/mol. The maximum absolute atomic E-state index is 14.0. The highest BCUT2D eigenvalue weighted by Gasteiger charge is 2.28. The first-order chi connectivity index (χ1) is 14.8. The molecule has 1 aliphatic rings. The number of sulfonamides is 1. The molecule has 0 fully saturated rings. The predicted octanol–water partition coefficient (Wildman–Crippen LogP) is 2.87. The van der Waals surface area contributed by atoms with E-state index in [1.165, 1.54) is 30.0 Å². The van der Waals surface area contributed by atoms with Gasteiger partial charge < -0.3 is 14.8 Å². The van der Waals surface area contributed by atoms with E-state index in [0.717, 1.165) is 11.6 Å². The van der Waals surface area contributed by atoms with Gasteiger partial charge in [0.1, 0.15) is 30.0 Å². The number of amides is 1. The van der Waals surface area contributed by atoms with E-state index < -0.39 is 38.7 Å². The normalized spacial score (nSPS) is 15.2. The second-order valence-corrected chi connectivity index (χ2v) is 9.69. The van der Waals surface area contributed by atoms with Crippen LogP contribution in [0.1, 0.15) is 24.9 Å². The molecule has 0 saturated carbocycles. The van der Waals surface area contributed by atoms with Crippen LogP contribution in [0.2, 0.25) is 0 Å². The van der Waals surface area contributed by atoms with Crippen LogP contribution >= 0.6 is 11.8 Å². The molecule has 2 atom stereocenters. The molecule has 0 unspecified atom stereocenters. The van der Waals surface area contributed by atoms with Gasteiger partial charge in [-0.1, -0.05) is 18.2 Å². The molecule has 2 aromatic carbocycles. The predicted molar refractivity (Wildman–Crippen MR) is 117 cm³/mol. The number of halogens is 1. The fraction of sp³-hybridized carbons (Fsp3) is 0.381. The highest BCUT2D eigenvalue weighted by Crippen LogP contribution is 2.32. The Hall–Kier alpha value is -2.30. The number of ether oxygens (including phenoxy) is 2. The summed E-state index contributed by atoms with van der Waals surface area (Å²) in [4.78, 5) is 12.4. The molecule has 3 rings (SSSR count). The number of fused-ring (bicyclic) bond motifs is 1. The minimum Gasteiger partial charge on any atom is -0.486 e. The number of nitrogens with one attached hydrogen (secondary N) is 2. The van der Waals surface area contributed by atoms with E-state index in [0.29, 0.717) is 30.5 Å². The van der Waals surface area contributed by atoms with E-state index in [2.05, 4.69) is 10.0 Å². The number of hydrogen-bond acceptors (Lipinski definition) is 6. The number of hydrogen-bond donors (Lipinski definition) is 2. The second-order valence-electron chi connectivity index (χ2n) is 7.02. The largest absolute Gasteiger partial charge is 0.486 e. The molecular weight excluding hydrogens is 443 g/mol. The van der Waals surface area contributed by atoms with Crippen molar-refractivity contribution in [2.24, 2.45) is 0 Å². The van der Waals surface area contributed by atoms with Gasteiger partial charge in [-0.05, 0) is 55.2 Å². The highest BCUT2D eigenvalue weighted by molar-refractivity contribution is 7.98. The van der Waals surface area contributed by atoms with E-state index in [-0.39, 0.29) is 6.42 Å². The van der Waals surface area contributed by atoms with E-state index in [1.807, 2.05) is 12.3 Å². The minimum atomic E-state index is -4.21. The van der Waals surface area contributed by atoms with Gasteiger partial charge in [-0.25, -0.2) is 12.8 Å². The molecule has 1 amide bonds. The molecule has 0 aliphatic carbocycles. The third-order valence-electron chi connectivity index (χ3n) is 4.78. The van der Waals surface area contributed by atoms with Crippen LogP contribution in [0.4, 0.5) is 4.39 Å². The Balaban J connectivity index is 1.74. The lowest BCUT2D eigenvalue weighted by atomic mass is 10.1. The van der Waals surface area contributed by atoms with Gasteiger partial charge in [0.25, 0.3) is 0 Å². The van der Waals surface area contributed by atoms with Crippen molar-refractivity contribution in [3.8, 4) is 11.5 Å². The summed E-state index contributed by atoms with van der Waals surface area (Å²) in [5, 5.41) is 2.84. The summed E-state index contributed by atoms with van der Waals surface area (Å²) >= 11 is 1.48. The topological polar surface area (TPSA) is 93.7 Å². The second kappa shape index (κ2) is 10.3. The summed E-state index contributed by atoms with van der Waals surface area (Å²) in [7, 11) is -4.21. The van der Waals surface area contributed by atoms with Crippen LogP contribution in [0.3, 0.4) is 0 Å². The maximum Gasteiger partial charge on any atom is 0.244 e. The lowest BCUT2D eigenvalue weighted by Crippen LogP contribution is -2.47. The average Bonchev–Trinajstić information content (AvgIpc) is 2.76. The standard InChI is InChI=1S/C21H25FN2O5S2/c1-14(15-7-8-18-19(13-15)29-11-10-28-18)23-21(25)17(9-12-30-2)24-31(26,27)20-6-4-3-5-16(20)22/h3-8,13-14,17,24H,9-12H2,1-2H3,(H,23,25)/t14-,17+/m0/s1. The van der Waals surface area contributed by atoms with Gasteiger partial charge in [0.05, 0.1) is 6.04 Å². The van der Waals surface area contributed by atoms with Crippen LogP contribution in [0.5, 0.6) is 11.5 Å². The number of carbonyl (C=O) groups is 1. The lowest BCUT2D eigenvalue weighted by Gasteiger charge is -2.23. The summed E-state index contributed by atoms with van der Waals surface area (Å²) in [6, 6.07) is 9.00. The summed E-state index contributed by atoms with van der Waals surface area (Å²) in [6.07, 6.45) is 2.12. The molecule has 10 heteroatoms. The zero-order chi connectivity index (χ0) is 22.4. The SMILES string of the molecule is CSCC[C@@H](NS(=O)(=O)c1ccccc1F)C(=O)N[C@@H](C)c1ccc2c(c1)OCCO2. The van der Waals surface area contributed by atoms with Crippen LogP contribution in [0.25, 0.3) is 0 Å². The van der Waals surface area contributed by atoms with Crippen LogP contribution in [0, 0.1) is 5.82 Å². The molecule has 2 aromatic rings. The van der Waals surface area contributed by atoms with Gasteiger partial charge in [-0.15, -0.1) is 0 Å². The van der Waals surface area contributed by atoms with Crippen LogP contribution < -0.4 is 19.5 Å². The minimum absolute atomic E-state index is 0.258. The van der Waals surface area contributed by atoms with Gasteiger partial charge in [0.2, 0.25) is 15.9 Å². The van der Waals surface area contributed by atoms with Gasteiger partial charge in [0, 0.05) is 0 Å². The number of benzene rings is 2. The molecule has 0 aromatic heterocycles. The quantitative estimate of drug-likeness (QED) is 0.588. The fourth-order valence-corrected chi connectivity index (χ4v) is 4.90. The molecular formula is C21H25FN2O5S2. The number of thioether (sulfide) groups is 1. The average molecular weight is 469 g/mol. The third kappa shape index (κ3) is 5.90. The van der Waals surface area contributed by atoms with E-state index >= 15 is 0 Å². The Bertz CT molecular complexity index is 1030. The van der Waals surface area contributed by atoms with Gasteiger partial charge in [-0.2, -0.15) is 16.5 Å². The molecule has 0 radical (unpaired) electrons. The maximum atomic E-state index is 14.0. The van der Waals surface area contributed by atoms with Crippen LogP contribution in [-0.4, -0.2) is 45.6 Å². The van der Waals surface area contributed by atoms with Crippen molar-refractivity contribution in [1.82, 2.24) is 10.0 Å². The van der Waals surface area contributed by atoms with Gasteiger partial charge in [0.15, 0.2) is 11.5 Å². The van der Waals surface area contributed by atoms with Crippen molar-refractivity contribution in [3.63, 3.8) is 0 Å². The van der Waals surface area contributed by atoms with Crippen molar-refractivity contribution in [1.29, 1.82) is 0 Å². The first-order valence-corrected chi connectivity index (χ1v) is 12.6. The van der Waals surface area contributed by atoms with E-state index in [4.69, 9.17) is 9.47 Å². The first-order valence-electron chi connectivity index (χ1n) is 9.77. The van der Waals surface area contributed by atoms with Crippen LogP contribution in [0.15, 0.2) is 47.4 Å². The van der Waals surface area contributed by atoms with E-state index in [9.17, 15) is 17.6 Å². The van der Waals surface area contributed by atoms with Crippen molar-refractivity contribution in [2.45, 2.75) is 30.3 Å². The summed E-state index contributed by atoms with van der Waals surface area (Å²) < 4.78 is 52.8. The fourth-order valence-electron chi connectivity index (χ4n) is 3.12. The molecule has 0 spiro atoms. The third-order valence-corrected chi connectivity index (χ3v) is 6.92. The Morgan fingerprint density at radius 1 is 1.16 bits per heavy atom. The smallest absolute Gasteiger partial charge is 0.244 e. The van der Waals surface area contributed by atoms with Crippen LogP contribution in [-0.2, 0) is 14.8 Å². The Morgan fingerprint density at radius 2 is 1.87 bits per heavy atom. The Labute approximate surface area is 185 Å². The summed E-state index contributed by atoms with van der Waals surface area (Å²) in [5.41, 5.74) is 0.790. The first kappa shape index (κ1) is 23.4. The molecule has 7 nitrogen and oxygen atoms in total. The van der Waals surface area contributed by atoms with E-state index in [1.54, 1.807) is 19.1 Å². The Morgan fingerprint density at radius 3 is 2.58 bits per heavy atom. The summed E-state index contributed by atoms with van der Waals surface area (Å²) in [6.45, 7) is 2.73.